The van der Waals surface area contributed by atoms with Crippen LogP contribution in [0.1, 0.15) is 10.4 Å². The van der Waals surface area contributed by atoms with E-state index in [2.05, 4.69) is 0 Å². The zero-order valence-electron chi connectivity index (χ0n) is 13.3. The normalized spacial score (nSPS) is 10.8. The van der Waals surface area contributed by atoms with E-state index >= 15 is 0 Å². The molecule has 0 saturated carbocycles. The molecule has 0 spiro atoms. The van der Waals surface area contributed by atoms with Gasteiger partial charge in [0.25, 0.3) is 0 Å². The van der Waals surface area contributed by atoms with Gasteiger partial charge in [0, 0.05) is 7.11 Å². The Morgan fingerprint density at radius 3 is 2.22 bits per heavy atom. The van der Waals surface area contributed by atoms with Gasteiger partial charge in [-0.05, 0) is 22.9 Å². The van der Waals surface area contributed by atoms with Crippen molar-refractivity contribution in [1.82, 2.24) is 0 Å². The van der Waals surface area contributed by atoms with E-state index in [4.69, 9.17) is 18.9 Å². The molecule has 0 amide bonds. The smallest absolute Gasteiger partial charge is 0.338 e. The Hall–Kier alpha value is -1.95. The summed E-state index contributed by atoms with van der Waals surface area (Å²) in [5, 5.41) is 2.12. The first-order chi connectivity index (χ1) is 11.3. The van der Waals surface area contributed by atoms with Crippen LogP contribution in [0.3, 0.4) is 0 Å². The second-order valence-electron chi connectivity index (χ2n) is 4.92. The Morgan fingerprint density at radius 1 is 0.826 bits per heavy atom. The molecule has 0 heterocycles. The van der Waals surface area contributed by atoms with Crippen LogP contribution in [-0.2, 0) is 18.9 Å². The first kappa shape index (κ1) is 17.4. The van der Waals surface area contributed by atoms with Crippen molar-refractivity contribution in [2.24, 2.45) is 0 Å². The number of benzene rings is 2. The third kappa shape index (κ3) is 5.98. The van der Waals surface area contributed by atoms with Gasteiger partial charge in [0.1, 0.15) is 6.61 Å². The highest BCUT2D eigenvalue weighted by Crippen LogP contribution is 2.16. The third-order valence-corrected chi connectivity index (χ3v) is 3.25. The Labute approximate surface area is 136 Å². The SMILES string of the molecule is COCCOCCOCCOC(=O)c1ccc2ccccc2c1. The van der Waals surface area contributed by atoms with Gasteiger partial charge in [0.2, 0.25) is 0 Å². The van der Waals surface area contributed by atoms with Crippen LogP contribution >= 0.6 is 0 Å². The molecule has 0 fully saturated rings. The second kappa shape index (κ2) is 9.94. The maximum atomic E-state index is 12.0. The highest BCUT2D eigenvalue weighted by molar-refractivity contribution is 5.95. The average Bonchev–Trinajstić information content (AvgIpc) is 2.59. The van der Waals surface area contributed by atoms with Gasteiger partial charge in [0.15, 0.2) is 0 Å². The van der Waals surface area contributed by atoms with Crippen LogP contribution in [0.2, 0.25) is 0 Å². The van der Waals surface area contributed by atoms with Gasteiger partial charge in [-0.1, -0.05) is 30.3 Å². The molecule has 0 atom stereocenters. The summed E-state index contributed by atoms with van der Waals surface area (Å²) in [4.78, 5) is 12.0. The molecule has 0 N–H and O–H groups in total. The van der Waals surface area contributed by atoms with Crippen LogP contribution in [-0.4, -0.2) is 52.7 Å². The largest absolute Gasteiger partial charge is 0.460 e. The lowest BCUT2D eigenvalue weighted by Crippen LogP contribution is -2.13. The average molecular weight is 318 g/mol. The lowest BCUT2D eigenvalue weighted by atomic mass is 10.1. The van der Waals surface area contributed by atoms with Crippen LogP contribution < -0.4 is 0 Å². The monoisotopic (exact) mass is 318 g/mol. The molecule has 0 aliphatic rings. The van der Waals surface area contributed by atoms with Crippen molar-refractivity contribution in [2.45, 2.75) is 0 Å². The van der Waals surface area contributed by atoms with Gasteiger partial charge in [-0.25, -0.2) is 4.79 Å². The van der Waals surface area contributed by atoms with Gasteiger partial charge in [-0.3, -0.25) is 0 Å². The van der Waals surface area contributed by atoms with Gasteiger partial charge in [0.05, 0.1) is 38.6 Å². The van der Waals surface area contributed by atoms with Crippen LogP contribution in [0.25, 0.3) is 10.8 Å². The number of carbonyl (C=O) groups is 1. The summed E-state index contributed by atoms with van der Waals surface area (Å²) < 4.78 is 20.6. The lowest BCUT2D eigenvalue weighted by molar-refractivity contribution is 0.00571. The molecule has 0 aromatic heterocycles. The van der Waals surface area contributed by atoms with E-state index in [1.165, 1.54) is 0 Å². The maximum absolute atomic E-state index is 12.0. The van der Waals surface area contributed by atoms with E-state index in [-0.39, 0.29) is 12.6 Å². The molecule has 23 heavy (non-hydrogen) atoms. The predicted molar refractivity (Wildman–Crippen MR) is 87.7 cm³/mol. The predicted octanol–water partition coefficient (Wildman–Crippen LogP) is 2.68. The molecule has 2 aromatic rings. The van der Waals surface area contributed by atoms with E-state index < -0.39 is 0 Å². The van der Waals surface area contributed by atoms with Crippen molar-refractivity contribution in [3.8, 4) is 0 Å². The molecule has 124 valence electrons. The standard InChI is InChI=1S/C18H22O5/c1-20-8-9-21-10-11-22-12-13-23-18(19)17-7-6-15-4-2-3-5-16(15)14-17/h2-7,14H,8-13H2,1H3. The first-order valence-electron chi connectivity index (χ1n) is 7.61. The number of hydrogen-bond donors (Lipinski definition) is 0. The van der Waals surface area contributed by atoms with Crippen molar-refractivity contribution in [3.63, 3.8) is 0 Å². The summed E-state index contributed by atoms with van der Waals surface area (Å²) in [5.41, 5.74) is 0.548. The third-order valence-electron chi connectivity index (χ3n) is 3.25. The number of rotatable bonds is 10. The van der Waals surface area contributed by atoms with Gasteiger partial charge < -0.3 is 18.9 Å². The summed E-state index contributed by atoms with van der Waals surface area (Å²) in [5.74, 6) is -0.337. The molecule has 0 aliphatic carbocycles. The summed E-state index contributed by atoms with van der Waals surface area (Å²) in [6.45, 7) is 2.68. The Bertz CT molecular complexity index is 611. The van der Waals surface area contributed by atoms with Crippen LogP contribution in [0.4, 0.5) is 0 Å². The molecule has 0 bridgehead atoms. The number of hydrogen-bond acceptors (Lipinski definition) is 5. The zero-order valence-corrected chi connectivity index (χ0v) is 13.3. The topological polar surface area (TPSA) is 54.0 Å². The fourth-order valence-electron chi connectivity index (χ4n) is 2.06. The van der Waals surface area contributed by atoms with Gasteiger partial charge in [-0.15, -0.1) is 0 Å². The molecule has 5 heteroatoms. The lowest BCUT2D eigenvalue weighted by Gasteiger charge is -2.07. The van der Waals surface area contributed by atoms with Crippen molar-refractivity contribution < 1.29 is 23.7 Å². The maximum Gasteiger partial charge on any atom is 0.338 e. The highest BCUT2D eigenvalue weighted by Gasteiger charge is 2.07. The molecule has 0 saturated heterocycles. The molecule has 5 nitrogen and oxygen atoms in total. The van der Waals surface area contributed by atoms with E-state index in [0.717, 1.165) is 10.8 Å². The molecule has 2 rings (SSSR count). The molecule has 0 aliphatic heterocycles. The van der Waals surface area contributed by atoms with E-state index in [1.807, 2.05) is 36.4 Å². The van der Waals surface area contributed by atoms with E-state index in [1.54, 1.807) is 13.2 Å². The fourth-order valence-corrected chi connectivity index (χ4v) is 2.06. The minimum Gasteiger partial charge on any atom is -0.460 e. The van der Waals surface area contributed by atoms with Crippen molar-refractivity contribution >= 4 is 16.7 Å². The highest BCUT2D eigenvalue weighted by atomic mass is 16.6. The van der Waals surface area contributed by atoms with Gasteiger partial charge >= 0.3 is 5.97 Å². The van der Waals surface area contributed by atoms with Crippen LogP contribution in [0, 0.1) is 0 Å². The minimum absolute atomic E-state index is 0.226. The van der Waals surface area contributed by atoms with Crippen molar-refractivity contribution in [2.75, 3.05) is 46.8 Å². The van der Waals surface area contributed by atoms with Crippen LogP contribution in [0.15, 0.2) is 42.5 Å². The van der Waals surface area contributed by atoms with Crippen molar-refractivity contribution in [1.29, 1.82) is 0 Å². The second-order valence-corrected chi connectivity index (χ2v) is 4.92. The number of ether oxygens (including phenoxy) is 4. The van der Waals surface area contributed by atoms with E-state index in [0.29, 0.717) is 38.6 Å². The summed E-state index contributed by atoms with van der Waals surface area (Å²) in [7, 11) is 1.63. The van der Waals surface area contributed by atoms with Crippen LogP contribution in [0.5, 0.6) is 0 Å². The summed E-state index contributed by atoms with van der Waals surface area (Å²) in [6, 6.07) is 13.4. The molecular weight excluding hydrogens is 296 g/mol. The molecule has 2 aromatic carbocycles. The Morgan fingerprint density at radius 2 is 1.48 bits per heavy atom. The van der Waals surface area contributed by atoms with E-state index in [9.17, 15) is 4.79 Å². The first-order valence-corrected chi connectivity index (χ1v) is 7.61. The fraction of sp³-hybridized carbons (Fsp3) is 0.389. The zero-order chi connectivity index (χ0) is 16.3. The molecule has 0 radical (unpaired) electrons. The minimum atomic E-state index is -0.337. The molecule has 0 unspecified atom stereocenters. The number of esters is 1. The Balaban J connectivity index is 1.64. The summed E-state index contributed by atoms with van der Waals surface area (Å²) in [6.07, 6.45) is 0. The number of carbonyl (C=O) groups excluding carboxylic acids is 1. The van der Waals surface area contributed by atoms with Crippen molar-refractivity contribution in [3.05, 3.63) is 48.0 Å². The molecular formula is C18H22O5. The quantitative estimate of drug-likeness (QED) is 0.498. The Kier molecular flexibility index (Phi) is 7.52. The number of fused-ring (bicyclic) bond motifs is 1. The van der Waals surface area contributed by atoms with Gasteiger partial charge in [-0.2, -0.15) is 0 Å². The summed E-state index contributed by atoms with van der Waals surface area (Å²) >= 11 is 0. The number of methoxy groups -OCH3 is 1.